The Morgan fingerprint density at radius 1 is 1.14 bits per heavy atom. The molecule has 0 radical (unpaired) electrons. The van der Waals surface area contributed by atoms with Crippen molar-refractivity contribution in [1.29, 1.82) is 0 Å². The summed E-state index contributed by atoms with van der Waals surface area (Å²) in [7, 11) is -0.691. The number of hydrogen-bond donors (Lipinski definition) is 0. The molecule has 22 heavy (non-hydrogen) atoms. The predicted molar refractivity (Wildman–Crippen MR) is 79.4 cm³/mol. The second-order valence-corrected chi connectivity index (χ2v) is 6.67. The Morgan fingerprint density at radius 2 is 1.82 bits per heavy atom. The summed E-state index contributed by atoms with van der Waals surface area (Å²) in [4.78, 5) is 3.93. The van der Waals surface area contributed by atoms with Gasteiger partial charge in [-0.1, -0.05) is 0 Å². The average Bonchev–Trinajstić information content (AvgIpc) is 2.68. The van der Waals surface area contributed by atoms with Crippen molar-refractivity contribution in [3.63, 3.8) is 0 Å². The van der Waals surface area contributed by atoms with Crippen LogP contribution in [0.1, 0.15) is 39.4 Å². The third kappa shape index (κ3) is 2.90. The number of hydrogen-bond acceptors (Lipinski definition) is 5. The summed E-state index contributed by atoms with van der Waals surface area (Å²) in [6.45, 7) is 9.27. The topological polar surface area (TPSA) is 49.8 Å². The summed E-state index contributed by atoms with van der Waals surface area (Å²) in [6, 6.07) is 3.14. The van der Waals surface area contributed by atoms with E-state index in [0.29, 0.717) is 31.0 Å². The maximum absolute atomic E-state index is 13.9. The SMILES string of the molecule is CC1(C)OB(c2cc(C3COCCO3)cc(F)n2)OC1(C)C. The van der Waals surface area contributed by atoms with Crippen molar-refractivity contribution in [3.05, 3.63) is 23.6 Å². The molecule has 1 aromatic rings. The van der Waals surface area contributed by atoms with Gasteiger partial charge in [0.05, 0.1) is 36.6 Å². The summed E-state index contributed by atoms with van der Waals surface area (Å²) < 4.78 is 36.7. The molecule has 120 valence electrons. The normalized spacial score (nSPS) is 27.1. The lowest BCUT2D eigenvalue weighted by molar-refractivity contribution is -0.0902. The summed E-state index contributed by atoms with van der Waals surface area (Å²) in [5.41, 5.74) is 0.131. The molecule has 1 atom stereocenters. The molecule has 0 aliphatic carbocycles. The van der Waals surface area contributed by atoms with Gasteiger partial charge in [-0.15, -0.1) is 0 Å². The van der Waals surface area contributed by atoms with Crippen molar-refractivity contribution in [1.82, 2.24) is 4.98 Å². The predicted octanol–water partition coefficient (Wildman–Crippen LogP) is 1.61. The van der Waals surface area contributed by atoms with Crippen molar-refractivity contribution >= 4 is 12.7 Å². The second kappa shape index (κ2) is 5.56. The van der Waals surface area contributed by atoms with Crippen molar-refractivity contribution in [2.75, 3.05) is 19.8 Å². The van der Waals surface area contributed by atoms with E-state index in [1.165, 1.54) is 6.07 Å². The lowest BCUT2D eigenvalue weighted by atomic mass is 9.83. The summed E-state index contributed by atoms with van der Waals surface area (Å²) in [6.07, 6.45) is -0.285. The third-order valence-corrected chi connectivity index (χ3v) is 4.52. The largest absolute Gasteiger partial charge is 0.514 e. The molecule has 1 aromatic heterocycles. The Morgan fingerprint density at radius 3 is 2.41 bits per heavy atom. The fraction of sp³-hybridized carbons (Fsp3) is 0.667. The van der Waals surface area contributed by atoms with Crippen LogP contribution in [-0.2, 0) is 18.8 Å². The first kappa shape index (κ1) is 15.9. The van der Waals surface area contributed by atoms with Gasteiger partial charge in [-0.05, 0) is 45.4 Å². The molecule has 2 fully saturated rings. The summed E-state index contributed by atoms with van der Waals surface area (Å²) >= 11 is 0. The van der Waals surface area contributed by atoms with Crippen LogP contribution in [-0.4, -0.2) is 43.1 Å². The molecule has 5 nitrogen and oxygen atoms in total. The smallest absolute Gasteiger partial charge is 0.398 e. The molecule has 3 rings (SSSR count). The van der Waals surface area contributed by atoms with Crippen molar-refractivity contribution in [2.45, 2.75) is 45.0 Å². The van der Waals surface area contributed by atoms with Crippen LogP contribution in [0.5, 0.6) is 0 Å². The Bertz CT molecular complexity index is 544. The molecule has 2 saturated heterocycles. The Labute approximate surface area is 130 Å². The number of nitrogens with zero attached hydrogens (tertiary/aromatic N) is 1. The number of aromatic nitrogens is 1. The van der Waals surface area contributed by atoms with Gasteiger partial charge >= 0.3 is 7.12 Å². The standard InChI is InChI=1S/C15H21BFNO4/c1-14(2)15(3,4)22-16(21-14)12-7-10(8-13(17)18-12)11-9-19-5-6-20-11/h7-8,11H,5-6,9H2,1-4H3. The van der Waals surface area contributed by atoms with Crippen LogP contribution in [0, 0.1) is 5.95 Å². The molecule has 0 aromatic carbocycles. The molecule has 1 unspecified atom stereocenters. The maximum atomic E-state index is 13.9. The lowest BCUT2D eigenvalue weighted by Gasteiger charge is -2.32. The van der Waals surface area contributed by atoms with Crippen LogP contribution in [0.3, 0.4) is 0 Å². The molecule has 2 aliphatic rings. The van der Waals surface area contributed by atoms with Crippen molar-refractivity contribution in [2.24, 2.45) is 0 Å². The van der Waals surface area contributed by atoms with E-state index in [0.717, 1.165) is 0 Å². The van der Waals surface area contributed by atoms with E-state index in [-0.39, 0.29) is 6.10 Å². The fourth-order valence-electron chi connectivity index (χ4n) is 2.49. The molecule has 7 heteroatoms. The van der Waals surface area contributed by atoms with Gasteiger partial charge in [-0.3, -0.25) is 0 Å². The fourth-order valence-corrected chi connectivity index (χ4v) is 2.49. The van der Waals surface area contributed by atoms with Crippen LogP contribution < -0.4 is 5.59 Å². The highest BCUT2D eigenvalue weighted by Gasteiger charge is 2.52. The van der Waals surface area contributed by atoms with Gasteiger partial charge in [0.2, 0.25) is 5.95 Å². The maximum Gasteiger partial charge on any atom is 0.514 e. The van der Waals surface area contributed by atoms with E-state index in [4.69, 9.17) is 18.8 Å². The molecule has 0 amide bonds. The lowest BCUT2D eigenvalue weighted by Crippen LogP contribution is -2.41. The van der Waals surface area contributed by atoms with E-state index < -0.39 is 24.3 Å². The van der Waals surface area contributed by atoms with E-state index in [1.807, 2.05) is 27.7 Å². The van der Waals surface area contributed by atoms with Crippen LogP contribution in [0.4, 0.5) is 4.39 Å². The van der Waals surface area contributed by atoms with Crippen LogP contribution in [0.2, 0.25) is 0 Å². The highest BCUT2D eigenvalue weighted by molar-refractivity contribution is 6.61. The van der Waals surface area contributed by atoms with Crippen LogP contribution in [0.15, 0.2) is 12.1 Å². The van der Waals surface area contributed by atoms with E-state index >= 15 is 0 Å². The van der Waals surface area contributed by atoms with Gasteiger partial charge in [-0.2, -0.15) is 4.39 Å². The quantitative estimate of drug-likeness (QED) is 0.613. The van der Waals surface area contributed by atoms with Gasteiger partial charge in [0.1, 0.15) is 6.10 Å². The van der Waals surface area contributed by atoms with Gasteiger partial charge in [-0.25, -0.2) is 4.98 Å². The molecule has 0 saturated carbocycles. The monoisotopic (exact) mass is 309 g/mol. The minimum absolute atomic E-state index is 0.285. The van der Waals surface area contributed by atoms with Gasteiger partial charge in [0, 0.05) is 0 Å². The highest BCUT2D eigenvalue weighted by atomic mass is 19.1. The van der Waals surface area contributed by atoms with Gasteiger partial charge < -0.3 is 18.8 Å². The van der Waals surface area contributed by atoms with E-state index in [2.05, 4.69) is 4.98 Å². The van der Waals surface area contributed by atoms with Crippen LogP contribution >= 0.6 is 0 Å². The first-order chi connectivity index (χ1) is 10.3. The van der Waals surface area contributed by atoms with Crippen molar-refractivity contribution in [3.8, 4) is 0 Å². The number of rotatable bonds is 2. The van der Waals surface area contributed by atoms with E-state index in [1.54, 1.807) is 6.07 Å². The average molecular weight is 309 g/mol. The number of halogens is 1. The molecule has 0 bridgehead atoms. The minimum atomic E-state index is -0.691. The van der Waals surface area contributed by atoms with Crippen LogP contribution in [0.25, 0.3) is 0 Å². The highest BCUT2D eigenvalue weighted by Crippen LogP contribution is 2.36. The molecule has 3 heterocycles. The molecule has 0 spiro atoms. The Kier molecular flexibility index (Phi) is 4.01. The molecule has 0 N–H and O–H groups in total. The van der Waals surface area contributed by atoms with Gasteiger partial charge in [0.25, 0.3) is 0 Å². The van der Waals surface area contributed by atoms with Gasteiger partial charge in [0.15, 0.2) is 0 Å². The minimum Gasteiger partial charge on any atom is -0.398 e. The first-order valence-corrected chi connectivity index (χ1v) is 7.51. The molecule has 2 aliphatic heterocycles. The van der Waals surface area contributed by atoms with E-state index in [9.17, 15) is 4.39 Å². The number of ether oxygens (including phenoxy) is 2. The molecular weight excluding hydrogens is 288 g/mol. The third-order valence-electron chi connectivity index (χ3n) is 4.52. The summed E-state index contributed by atoms with van der Waals surface area (Å²) in [5, 5.41) is 0. The first-order valence-electron chi connectivity index (χ1n) is 7.51. The van der Waals surface area contributed by atoms with Crippen molar-refractivity contribution < 1.29 is 23.2 Å². The second-order valence-electron chi connectivity index (χ2n) is 6.67. The summed E-state index contributed by atoms with van der Waals surface area (Å²) in [5.74, 6) is -0.573. The Balaban J connectivity index is 1.87. The zero-order valence-corrected chi connectivity index (χ0v) is 13.4. The molecular formula is C15H21BFNO4. The number of pyridine rings is 1. The zero-order chi connectivity index (χ0) is 16.0. The Hall–Kier alpha value is -1.02. The zero-order valence-electron chi connectivity index (χ0n) is 13.4.